The van der Waals surface area contributed by atoms with Gasteiger partial charge in [-0.1, -0.05) is 22.0 Å². The molecule has 1 aromatic carbocycles. The molecule has 0 aliphatic heterocycles. The lowest BCUT2D eigenvalue weighted by molar-refractivity contribution is -0.385. The van der Waals surface area contributed by atoms with Crippen molar-refractivity contribution in [1.82, 2.24) is 9.97 Å². The predicted molar refractivity (Wildman–Crippen MR) is 75.9 cm³/mol. The molecule has 1 heterocycles. The summed E-state index contributed by atoms with van der Waals surface area (Å²) >= 11 is 9.05. The van der Waals surface area contributed by atoms with Crippen molar-refractivity contribution < 1.29 is 4.92 Å². The number of nitrogens with one attached hydrogen (secondary N) is 1. The maximum Gasteiger partial charge on any atom is 0.332 e. The first-order valence-corrected chi connectivity index (χ1v) is 6.35. The molecule has 0 amide bonds. The third-order valence-electron chi connectivity index (χ3n) is 2.30. The molecule has 6 nitrogen and oxygen atoms in total. The smallest absolute Gasteiger partial charge is 0.332 e. The van der Waals surface area contributed by atoms with Crippen molar-refractivity contribution in [1.29, 1.82) is 0 Å². The summed E-state index contributed by atoms with van der Waals surface area (Å²) in [5, 5.41) is 13.9. The molecule has 1 aromatic heterocycles. The molecule has 0 bridgehead atoms. The summed E-state index contributed by atoms with van der Waals surface area (Å²) in [6.07, 6.45) is 0. The van der Waals surface area contributed by atoms with E-state index in [1.165, 1.54) is 6.92 Å². The van der Waals surface area contributed by atoms with Crippen LogP contribution < -0.4 is 5.32 Å². The minimum atomic E-state index is -0.536. The predicted octanol–water partition coefficient (Wildman–Crippen LogP) is 3.85. The standard InChI is InChI=1S/C11H8BrClN4O2/c1-6-9(17(18)19)10(16-11(13)14-6)15-8-4-2-3-7(12)5-8/h2-5H,1H3,(H,14,15,16). The van der Waals surface area contributed by atoms with Crippen LogP contribution in [0.1, 0.15) is 5.69 Å². The van der Waals surface area contributed by atoms with E-state index >= 15 is 0 Å². The molecule has 0 radical (unpaired) electrons. The Balaban J connectivity index is 2.47. The summed E-state index contributed by atoms with van der Waals surface area (Å²) in [6.45, 7) is 1.51. The average molecular weight is 344 g/mol. The summed E-state index contributed by atoms with van der Waals surface area (Å²) in [5.41, 5.74) is 0.679. The Hall–Kier alpha value is -1.73. The SMILES string of the molecule is Cc1nc(Cl)nc(Nc2cccc(Br)c2)c1[N+](=O)[O-]. The number of hydrogen-bond acceptors (Lipinski definition) is 5. The highest BCUT2D eigenvalue weighted by molar-refractivity contribution is 9.10. The summed E-state index contributed by atoms with van der Waals surface area (Å²) in [4.78, 5) is 18.2. The highest BCUT2D eigenvalue weighted by atomic mass is 79.9. The van der Waals surface area contributed by atoms with Gasteiger partial charge in [-0.15, -0.1) is 0 Å². The Morgan fingerprint density at radius 2 is 2.16 bits per heavy atom. The van der Waals surface area contributed by atoms with Crippen LogP contribution in [0.4, 0.5) is 17.2 Å². The van der Waals surface area contributed by atoms with Crippen molar-refractivity contribution in [2.24, 2.45) is 0 Å². The molecule has 0 atom stereocenters. The fourth-order valence-electron chi connectivity index (χ4n) is 1.54. The number of nitrogens with zero attached hydrogens (tertiary/aromatic N) is 3. The number of aromatic nitrogens is 2. The molecule has 98 valence electrons. The van der Waals surface area contributed by atoms with Gasteiger partial charge in [-0.05, 0) is 36.7 Å². The van der Waals surface area contributed by atoms with Crippen LogP contribution in [-0.2, 0) is 0 Å². The minimum Gasteiger partial charge on any atom is -0.334 e. The molecule has 0 aliphatic carbocycles. The van der Waals surface area contributed by atoms with Crippen molar-refractivity contribution in [3.63, 3.8) is 0 Å². The highest BCUT2D eigenvalue weighted by Crippen LogP contribution is 2.29. The minimum absolute atomic E-state index is 0.0411. The normalized spacial score (nSPS) is 10.3. The van der Waals surface area contributed by atoms with Crippen molar-refractivity contribution in [3.8, 4) is 0 Å². The third kappa shape index (κ3) is 3.18. The van der Waals surface area contributed by atoms with E-state index in [-0.39, 0.29) is 22.5 Å². The molecule has 8 heteroatoms. The van der Waals surface area contributed by atoms with E-state index < -0.39 is 4.92 Å². The van der Waals surface area contributed by atoms with Crippen molar-refractivity contribution in [2.75, 3.05) is 5.32 Å². The van der Waals surface area contributed by atoms with E-state index in [1.54, 1.807) is 18.2 Å². The van der Waals surface area contributed by atoms with Crippen LogP contribution in [0.3, 0.4) is 0 Å². The van der Waals surface area contributed by atoms with E-state index in [1.807, 2.05) is 6.07 Å². The second kappa shape index (κ2) is 5.50. The Morgan fingerprint density at radius 1 is 1.42 bits per heavy atom. The van der Waals surface area contributed by atoms with E-state index in [0.29, 0.717) is 5.69 Å². The Labute approximate surface area is 122 Å². The van der Waals surface area contributed by atoms with Crippen LogP contribution >= 0.6 is 27.5 Å². The fourth-order valence-corrected chi connectivity index (χ4v) is 2.15. The maximum atomic E-state index is 11.0. The van der Waals surface area contributed by atoms with Crippen LogP contribution in [0.5, 0.6) is 0 Å². The number of halogens is 2. The van der Waals surface area contributed by atoms with Gasteiger partial charge in [-0.3, -0.25) is 10.1 Å². The quantitative estimate of drug-likeness (QED) is 0.520. The van der Waals surface area contributed by atoms with Gasteiger partial charge in [0.2, 0.25) is 11.1 Å². The number of nitro groups is 1. The average Bonchev–Trinajstić information content (AvgIpc) is 2.26. The number of benzene rings is 1. The van der Waals surface area contributed by atoms with Gasteiger partial charge in [-0.25, -0.2) is 4.98 Å². The number of aryl methyl sites for hydroxylation is 1. The number of rotatable bonds is 3. The molecule has 0 aliphatic rings. The summed E-state index contributed by atoms with van der Waals surface area (Å²) in [5.74, 6) is 0.0700. The Kier molecular flexibility index (Phi) is 3.96. The monoisotopic (exact) mass is 342 g/mol. The molecule has 0 saturated carbocycles. The van der Waals surface area contributed by atoms with Gasteiger partial charge < -0.3 is 5.32 Å². The van der Waals surface area contributed by atoms with Gasteiger partial charge in [0, 0.05) is 10.2 Å². The van der Waals surface area contributed by atoms with Crippen LogP contribution in [0.25, 0.3) is 0 Å². The van der Waals surface area contributed by atoms with Crippen LogP contribution in [0.15, 0.2) is 28.7 Å². The zero-order valence-corrected chi connectivity index (χ0v) is 12.1. The third-order valence-corrected chi connectivity index (χ3v) is 2.96. The largest absolute Gasteiger partial charge is 0.334 e. The van der Waals surface area contributed by atoms with E-state index in [4.69, 9.17) is 11.6 Å². The highest BCUT2D eigenvalue weighted by Gasteiger charge is 2.21. The lowest BCUT2D eigenvalue weighted by Gasteiger charge is -2.08. The van der Waals surface area contributed by atoms with Crippen LogP contribution in [0, 0.1) is 17.0 Å². The summed E-state index contributed by atoms with van der Waals surface area (Å²) in [7, 11) is 0. The van der Waals surface area contributed by atoms with Crippen molar-refractivity contribution in [3.05, 3.63) is 49.8 Å². The molecular formula is C11H8BrClN4O2. The number of anilines is 2. The molecule has 19 heavy (non-hydrogen) atoms. The van der Waals surface area contributed by atoms with Gasteiger partial charge in [0.1, 0.15) is 5.69 Å². The molecule has 2 aromatic rings. The first-order chi connectivity index (χ1) is 8.97. The zero-order chi connectivity index (χ0) is 14.0. The van der Waals surface area contributed by atoms with E-state index in [9.17, 15) is 10.1 Å². The second-order valence-corrected chi connectivity index (χ2v) is 4.92. The second-order valence-electron chi connectivity index (χ2n) is 3.67. The molecule has 0 saturated heterocycles. The van der Waals surface area contributed by atoms with Gasteiger partial charge in [0.25, 0.3) is 0 Å². The van der Waals surface area contributed by atoms with Crippen molar-refractivity contribution >= 4 is 44.7 Å². The van der Waals surface area contributed by atoms with Crippen LogP contribution in [0.2, 0.25) is 5.28 Å². The molecule has 2 rings (SSSR count). The molecule has 0 unspecified atom stereocenters. The van der Waals surface area contributed by atoms with Gasteiger partial charge >= 0.3 is 5.69 Å². The van der Waals surface area contributed by atoms with Crippen molar-refractivity contribution in [2.45, 2.75) is 6.92 Å². The zero-order valence-electron chi connectivity index (χ0n) is 9.72. The molecule has 0 fully saturated rings. The molecule has 0 spiro atoms. The van der Waals surface area contributed by atoms with Gasteiger partial charge in [-0.2, -0.15) is 4.98 Å². The van der Waals surface area contributed by atoms with E-state index in [2.05, 4.69) is 31.2 Å². The fraction of sp³-hybridized carbons (Fsp3) is 0.0909. The lowest BCUT2D eigenvalue weighted by Crippen LogP contribution is -2.04. The first kappa shape index (κ1) is 13.7. The molecule has 1 N–H and O–H groups in total. The first-order valence-electron chi connectivity index (χ1n) is 5.18. The van der Waals surface area contributed by atoms with Gasteiger partial charge in [0.05, 0.1) is 4.92 Å². The summed E-state index contributed by atoms with van der Waals surface area (Å²) in [6, 6.07) is 7.18. The van der Waals surface area contributed by atoms with Crippen LogP contribution in [-0.4, -0.2) is 14.9 Å². The topological polar surface area (TPSA) is 81.0 Å². The Bertz CT molecular complexity index is 651. The van der Waals surface area contributed by atoms with E-state index in [0.717, 1.165) is 4.47 Å². The Morgan fingerprint density at radius 3 is 2.79 bits per heavy atom. The summed E-state index contributed by atoms with van der Waals surface area (Å²) < 4.78 is 0.844. The lowest BCUT2D eigenvalue weighted by atomic mass is 10.3. The number of hydrogen-bond donors (Lipinski definition) is 1. The maximum absolute atomic E-state index is 11.0. The molecular weight excluding hydrogens is 336 g/mol. The van der Waals surface area contributed by atoms with Gasteiger partial charge in [0.15, 0.2) is 0 Å².